The molecule has 1 N–H and O–H groups in total. The Bertz CT molecular complexity index is 642. The molecule has 1 aromatic heterocycles. The molecule has 2 heterocycles. The lowest BCUT2D eigenvalue weighted by Gasteiger charge is -2.16. The Labute approximate surface area is 118 Å². The van der Waals surface area contributed by atoms with Crippen molar-refractivity contribution < 1.29 is 17.6 Å². The summed E-state index contributed by atoms with van der Waals surface area (Å²) in [7, 11) is 0. The van der Waals surface area contributed by atoms with Crippen LogP contribution in [0, 0.1) is 5.82 Å². The van der Waals surface area contributed by atoms with E-state index in [1.165, 1.54) is 10.9 Å². The monoisotopic (exact) mass is 299 g/mol. The van der Waals surface area contributed by atoms with E-state index in [1.54, 1.807) is 6.20 Å². The SMILES string of the molecule is Fc1ccc(C(F)(F)F)cc1-n1cncc1[C@@H]1CCCN1. The van der Waals surface area contributed by atoms with Crippen molar-refractivity contribution in [2.75, 3.05) is 6.54 Å². The Morgan fingerprint density at radius 2 is 2.10 bits per heavy atom. The highest BCUT2D eigenvalue weighted by Crippen LogP contribution is 2.32. The molecule has 1 aliphatic rings. The Kier molecular flexibility index (Phi) is 3.44. The van der Waals surface area contributed by atoms with E-state index >= 15 is 0 Å². The van der Waals surface area contributed by atoms with Gasteiger partial charge in [-0.3, -0.25) is 4.57 Å². The summed E-state index contributed by atoms with van der Waals surface area (Å²) < 4.78 is 53.7. The fourth-order valence-electron chi connectivity index (χ4n) is 2.57. The smallest absolute Gasteiger partial charge is 0.309 e. The lowest BCUT2D eigenvalue weighted by molar-refractivity contribution is -0.137. The summed E-state index contributed by atoms with van der Waals surface area (Å²) in [5, 5.41) is 3.23. The number of halogens is 4. The van der Waals surface area contributed by atoms with Crippen LogP contribution >= 0.6 is 0 Å². The van der Waals surface area contributed by atoms with Crippen LogP contribution < -0.4 is 5.32 Å². The van der Waals surface area contributed by atoms with Crippen molar-refractivity contribution in [2.45, 2.75) is 25.1 Å². The van der Waals surface area contributed by atoms with Gasteiger partial charge in [0.1, 0.15) is 5.82 Å². The standard InChI is InChI=1S/C14H13F4N3/c15-10-4-3-9(14(16,17)18)6-12(10)21-8-19-7-13(21)11-2-1-5-20-11/h3-4,6-8,11,20H,1-2,5H2/t11-/m0/s1. The molecule has 1 atom stereocenters. The zero-order valence-corrected chi connectivity index (χ0v) is 11.0. The summed E-state index contributed by atoms with van der Waals surface area (Å²) in [5.41, 5.74) is -0.338. The third-order valence-corrected chi connectivity index (χ3v) is 3.62. The van der Waals surface area contributed by atoms with E-state index in [2.05, 4.69) is 10.3 Å². The van der Waals surface area contributed by atoms with Gasteiger partial charge in [-0.05, 0) is 37.6 Å². The molecule has 0 saturated carbocycles. The number of nitrogens with one attached hydrogen (secondary N) is 1. The zero-order chi connectivity index (χ0) is 15.0. The van der Waals surface area contributed by atoms with Crippen molar-refractivity contribution >= 4 is 0 Å². The maximum Gasteiger partial charge on any atom is 0.416 e. The number of hydrogen-bond donors (Lipinski definition) is 1. The van der Waals surface area contributed by atoms with Crippen LogP contribution in [0.25, 0.3) is 5.69 Å². The van der Waals surface area contributed by atoms with Gasteiger partial charge >= 0.3 is 6.18 Å². The summed E-state index contributed by atoms with van der Waals surface area (Å²) in [6, 6.07) is 2.38. The van der Waals surface area contributed by atoms with Crippen molar-refractivity contribution in [3.05, 3.63) is 47.8 Å². The van der Waals surface area contributed by atoms with Crippen molar-refractivity contribution in [1.82, 2.24) is 14.9 Å². The molecule has 2 aromatic rings. The number of aromatic nitrogens is 2. The first kappa shape index (κ1) is 14.1. The molecule has 0 aliphatic carbocycles. The molecule has 21 heavy (non-hydrogen) atoms. The molecule has 1 aromatic carbocycles. The fourth-order valence-corrected chi connectivity index (χ4v) is 2.57. The first-order chi connectivity index (χ1) is 9.97. The Morgan fingerprint density at radius 1 is 1.29 bits per heavy atom. The summed E-state index contributed by atoms with van der Waals surface area (Å²) in [5.74, 6) is -0.708. The fraction of sp³-hybridized carbons (Fsp3) is 0.357. The van der Waals surface area contributed by atoms with Crippen LogP contribution in [0.3, 0.4) is 0 Å². The van der Waals surface area contributed by atoms with Crippen LogP contribution in [0.2, 0.25) is 0 Å². The molecule has 0 unspecified atom stereocenters. The summed E-state index contributed by atoms with van der Waals surface area (Å²) in [6.07, 6.45) is 0.221. The second-order valence-corrected chi connectivity index (χ2v) is 5.00. The van der Waals surface area contributed by atoms with E-state index in [1.807, 2.05) is 0 Å². The van der Waals surface area contributed by atoms with Crippen LogP contribution in [-0.2, 0) is 6.18 Å². The van der Waals surface area contributed by atoms with Crippen molar-refractivity contribution in [1.29, 1.82) is 0 Å². The normalized spacial score (nSPS) is 19.1. The number of alkyl halides is 3. The van der Waals surface area contributed by atoms with Crippen LogP contribution in [-0.4, -0.2) is 16.1 Å². The molecule has 0 spiro atoms. The van der Waals surface area contributed by atoms with Crippen molar-refractivity contribution in [3.8, 4) is 5.69 Å². The maximum atomic E-state index is 14.0. The van der Waals surface area contributed by atoms with Crippen LogP contribution in [0.4, 0.5) is 17.6 Å². The Balaban J connectivity index is 2.06. The second kappa shape index (κ2) is 5.14. The number of imidazole rings is 1. The largest absolute Gasteiger partial charge is 0.416 e. The highest BCUT2D eigenvalue weighted by Gasteiger charge is 2.32. The van der Waals surface area contributed by atoms with Crippen molar-refractivity contribution in [2.24, 2.45) is 0 Å². The summed E-state index contributed by atoms with van der Waals surface area (Å²) in [6.45, 7) is 0.834. The van der Waals surface area contributed by atoms with Gasteiger partial charge in [-0.1, -0.05) is 0 Å². The molecule has 1 fully saturated rings. The third kappa shape index (κ3) is 2.65. The molecule has 7 heteroatoms. The zero-order valence-electron chi connectivity index (χ0n) is 11.0. The molecule has 0 radical (unpaired) electrons. The third-order valence-electron chi connectivity index (χ3n) is 3.62. The number of hydrogen-bond acceptors (Lipinski definition) is 2. The minimum Gasteiger partial charge on any atom is -0.309 e. The van der Waals surface area contributed by atoms with Gasteiger partial charge in [-0.15, -0.1) is 0 Å². The first-order valence-corrected chi connectivity index (χ1v) is 6.59. The topological polar surface area (TPSA) is 29.9 Å². The average molecular weight is 299 g/mol. The molecule has 0 bridgehead atoms. The quantitative estimate of drug-likeness (QED) is 0.861. The van der Waals surface area contributed by atoms with Gasteiger partial charge in [-0.25, -0.2) is 9.37 Å². The molecule has 3 nitrogen and oxygen atoms in total. The minimum atomic E-state index is -4.51. The average Bonchev–Trinajstić information content (AvgIpc) is 3.08. The van der Waals surface area contributed by atoms with Gasteiger partial charge < -0.3 is 5.32 Å². The highest BCUT2D eigenvalue weighted by atomic mass is 19.4. The first-order valence-electron chi connectivity index (χ1n) is 6.59. The molecule has 0 amide bonds. The van der Waals surface area contributed by atoms with E-state index in [0.29, 0.717) is 5.69 Å². The lowest BCUT2D eigenvalue weighted by Crippen LogP contribution is -2.17. The number of benzene rings is 1. The van der Waals surface area contributed by atoms with E-state index in [4.69, 9.17) is 0 Å². The van der Waals surface area contributed by atoms with Crippen LogP contribution in [0.5, 0.6) is 0 Å². The highest BCUT2D eigenvalue weighted by molar-refractivity contribution is 5.40. The number of nitrogens with zero attached hydrogens (tertiary/aromatic N) is 2. The molecule has 1 aliphatic heterocycles. The van der Waals surface area contributed by atoms with E-state index < -0.39 is 17.6 Å². The lowest BCUT2D eigenvalue weighted by atomic mass is 10.1. The van der Waals surface area contributed by atoms with Crippen LogP contribution in [0.15, 0.2) is 30.7 Å². The summed E-state index contributed by atoms with van der Waals surface area (Å²) in [4.78, 5) is 3.95. The maximum absolute atomic E-state index is 14.0. The van der Waals surface area contributed by atoms with Gasteiger partial charge in [0.15, 0.2) is 0 Å². The van der Waals surface area contributed by atoms with Gasteiger partial charge in [0.05, 0.1) is 29.5 Å². The van der Waals surface area contributed by atoms with Crippen LogP contribution in [0.1, 0.15) is 30.1 Å². The van der Waals surface area contributed by atoms with E-state index in [-0.39, 0.29) is 11.7 Å². The molecule has 1 saturated heterocycles. The minimum absolute atomic E-state index is 0.0126. The van der Waals surface area contributed by atoms with Gasteiger partial charge in [0.25, 0.3) is 0 Å². The Morgan fingerprint density at radius 3 is 2.76 bits per heavy atom. The van der Waals surface area contributed by atoms with Gasteiger partial charge in [0, 0.05) is 6.04 Å². The summed E-state index contributed by atoms with van der Waals surface area (Å²) >= 11 is 0. The Hall–Kier alpha value is -1.89. The number of rotatable bonds is 2. The molecular weight excluding hydrogens is 286 g/mol. The van der Waals surface area contributed by atoms with Crippen molar-refractivity contribution in [3.63, 3.8) is 0 Å². The van der Waals surface area contributed by atoms with E-state index in [0.717, 1.165) is 37.6 Å². The predicted molar refractivity (Wildman–Crippen MR) is 68.5 cm³/mol. The predicted octanol–water partition coefficient (Wildman–Crippen LogP) is 3.45. The second-order valence-electron chi connectivity index (χ2n) is 5.00. The van der Waals surface area contributed by atoms with E-state index in [9.17, 15) is 17.6 Å². The molecule has 112 valence electrons. The van der Waals surface area contributed by atoms with Gasteiger partial charge in [-0.2, -0.15) is 13.2 Å². The van der Waals surface area contributed by atoms with Gasteiger partial charge in [0.2, 0.25) is 0 Å². The molecular formula is C14H13F4N3. The molecule has 3 rings (SSSR count).